The van der Waals surface area contributed by atoms with E-state index in [9.17, 15) is 4.79 Å². The van der Waals surface area contributed by atoms with Gasteiger partial charge in [0.15, 0.2) is 0 Å². The summed E-state index contributed by atoms with van der Waals surface area (Å²) < 4.78 is 5.16. The van der Waals surface area contributed by atoms with E-state index in [-0.39, 0.29) is 11.9 Å². The largest absolute Gasteiger partial charge is 0.497 e. The first kappa shape index (κ1) is 17.3. The number of anilines is 1. The first-order chi connectivity index (χ1) is 12.1. The number of carbonyl (C=O) groups excluding carboxylic acids is 1. The van der Waals surface area contributed by atoms with Crippen molar-refractivity contribution in [3.05, 3.63) is 59.2 Å². The Balaban J connectivity index is 1.64. The molecule has 1 atom stereocenters. The maximum atomic E-state index is 12.6. The number of rotatable bonds is 5. The number of aryl methyl sites for hydroxylation is 2. The molecule has 1 aliphatic heterocycles. The fraction of sp³-hybridized carbons (Fsp3) is 0.381. The predicted molar refractivity (Wildman–Crippen MR) is 101 cm³/mol. The number of carbonyl (C=O) groups is 1. The van der Waals surface area contributed by atoms with Gasteiger partial charge in [0, 0.05) is 18.8 Å². The van der Waals surface area contributed by atoms with Crippen LogP contribution in [0.15, 0.2) is 42.5 Å². The molecular formula is C21H26N2O2. The number of nitrogens with one attached hydrogen (secondary N) is 1. The molecule has 2 aromatic carbocycles. The number of fused-ring (bicyclic) bond motifs is 1. The number of amides is 1. The Morgan fingerprint density at radius 1 is 1.24 bits per heavy atom. The van der Waals surface area contributed by atoms with Crippen molar-refractivity contribution < 1.29 is 9.53 Å². The van der Waals surface area contributed by atoms with Crippen LogP contribution in [0.3, 0.4) is 0 Å². The lowest BCUT2D eigenvalue weighted by Crippen LogP contribution is -2.47. The number of hydrogen-bond donors (Lipinski definition) is 1. The SMILES string of the molecule is COc1ccc(CNC(=O)C(C)N2CCCc3cc(C)ccc32)cc1. The van der Waals surface area contributed by atoms with Gasteiger partial charge in [-0.25, -0.2) is 0 Å². The van der Waals surface area contributed by atoms with Crippen LogP contribution in [-0.2, 0) is 17.8 Å². The third-order valence-electron chi connectivity index (χ3n) is 4.86. The Labute approximate surface area is 149 Å². The molecular weight excluding hydrogens is 312 g/mol. The second-order valence-electron chi connectivity index (χ2n) is 6.67. The molecule has 3 rings (SSSR count). The van der Waals surface area contributed by atoms with E-state index in [0.717, 1.165) is 30.7 Å². The lowest BCUT2D eigenvalue weighted by atomic mass is 9.98. The Morgan fingerprint density at radius 3 is 2.72 bits per heavy atom. The van der Waals surface area contributed by atoms with Crippen molar-refractivity contribution in [2.75, 3.05) is 18.6 Å². The lowest BCUT2D eigenvalue weighted by Gasteiger charge is -2.35. The van der Waals surface area contributed by atoms with Crippen molar-refractivity contribution in [1.82, 2.24) is 5.32 Å². The van der Waals surface area contributed by atoms with E-state index < -0.39 is 0 Å². The van der Waals surface area contributed by atoms with Crippen LogP contribution in [0.5, 0.6) is 5.75 Å². The van der Waals surface area contributed by atoms with Gasteiger partial charge in [-0.1, -0.05) is 29.8 Å². The lowest BCUT2D eigenvalue weighted by molar-refractivity contribution is -0.122. The fourth-order valence-electron chi connectivity index (χ4n) is 3.38. The molecule has 0 bridgehead atoms. The van der Waals surface area contributed by atoms with Crippen LogP contribution in [-0.4, -0.2) is 25.6 Å². The molecule has 0 fully saturated rings. The van der Waals surface area contributed by atoms with Gasteiger partial charge in [0.2, 0.25) is 5.91 Å². The van der Waals surface area contributed by atoms with Gasteiger partial charge < -0.3 is 15.0 Å². The zero-order chi connectivity index (χ0) is 17.8. The van der Waals surface area contributed by atoms with Crippen molar-refractivity contribution >= 4 is 11.6 Å². The molecule has 1 heterocycles. The zero-order valence-corrected chi connectivity index (χ0v) is 15.2. The molecule has 1 amide bonds. The first-order valence-corrected chi connectivity index (χ1v) is 8.85. The summed E-state index contributed by atoms with van der Waals surface area (Å²) in [6, 6.07) is 14.1. The minimum Gasteiger partial charge on any atom is -0.497 e. The van der Waals surface area contributed by atoms with Gasteiger partial charge in [0.25, 0.3) is 0 Å². The molecule has 2 aromatic rings. The predicted octanol–water partition coefficient (Wildman–Crippen LogP) is 3.46. The summed E-state index contributed by atoms with van der Waals surface area (Å²) in [6.45, 7) is 5.55. The minimum atomic E-state index is -0.181. The molecule has 1 unspecified atom stereocenters. The maximum absolute atomic E-state index is 12.6. The van der Waals surface area contributed by atoms with E-state index in [4.69, 9.17) is 4.74 Å². The second-order valence-corrected chi connectivity index (χ2v) is 6.67. The smallest absolute Gasteiger partial charge is 0.242 e. The molecule has 0 saturated heterocycles. The van der Waals surface area contributed by atoms with Crippen molar-refractivity contribution in [2.24, 2.45) is 0 Å². The van der Waals surface area contributed by atoms with Crippen molar-refractivity contribution in [3.8, 4) is 5.75 Å². The van der Waals surface area contributed by atoms with E-state index >= 15 is 0 Å². The molecule has 0 spiro atoms. The first-order valence-electron chi connectivity index (χ1n) is 8.85. The Bertz CT molecular complexity index is 740. The summed E-state index contributed by atoms with van der Waals surface area (Å²) in [5.74, 6) is 0.882. The summed E-state index contributed by atoms with van der Waals surface area (Å²) >= 11 is 0. The molecule has 4 nitrogen and oxygen atoms in total. The van der Waals surface area contributed by atoms with Crippen LogP contribution in [0.4, 0.5) is 5.69 Å². The average molecular weight is 338 g/mol. The number of benzene rings is 2. The standard InChI is InChI=1S/C21H26N2O2/c1-15-6-11-20-18(13-15)5-4-12-23(20)16(2)21(24)22-14-17-7-9-19(25-3)10-8-17/h6-11,13,16H,4-5,12,14H2,1-3H3,(H,22,24). The summed E-state index contributed by atoms with van der Waals surface area (Å²) in [7, 11) is 1.65. The van der Waals surface area contributed by atoms with E-state index in [2.05, 4.69) is 35.3 Å². The summed E-state index contributed by atoms with van der Waals surface area (Å²) in [5.41, 5.74) is 4.89. The molecule has 132 valence electrons. The Morgan fingerprint density at radius 2 is 2.00 bits per heavy atom. The monoisotopic (exact) mass is 338 g/mol. The van der Waals surface area contributed by atoms with E-state index in [1.165, 1.54) is 16.8 Å². The average Bonchev–Trinajstić information content (AvgIpc) is 2.65. The summed E-state index contributed by atoms with van der Waals surface area (Å²) in [5, 5.41) is 3.05. The molecule has 0 radical (unpaired) electrons. The molecule has 0 aliphatic carbocycles. The van der Waals surface area contributed by atoms with Crippen LogP contribution in [0.2, 0.25) is 0 Å². The van der Waals surface area contributed by atoms with Gasteiger partial charge in [0.1, 0.15) is 11.8 Å². The van der Waals surface area contributed by atoms with Crippen LogP contribution >= 0.6 is 0 Å². The van der Waals surface area contributed by atoms with E-state index in [0.29, 0.717) is 6.54 Å². The van der Waals surface area contributed by atoms with Crippen molar-refractivity contribution in [2.45, 2.75) is 39.3 Å². The van der Waals surface area contributed by atoms with Crippen LogP contribution in [0.25, 0.3) is 0 Å². The van der Waals surface area contributed by atoms with Gasteiger partial charge in [0.05, 0.1) is 7.11 Å². The molecule has 0 saturated carbocycles. The number of hydrogen-bond acceptors (Lipinski definition) is 3. The molecule has 1 N–H and O–H groups in total. The maximum Gasteiger partial charge on any atom is 0.242 e. The molecule has 1 aliphatic rings. The van der Waals surface area contributed by atoms with Gasteiger partial charge in [-0.2, -0.15) is 0 Å². The number of methoxy groups -OCH3 is 1. The van der Waals surface area contributed by atoms with Gasteiger partial charge >= 0.3 is 0 Å². The van der Waals surface area contributed by atoms with Gasteiger partial charge in [-0.15, -0.1) is 0 Å². The third-order valence-corrected chi connectivity index (χ3v) is 4.86. The highest BCUT2D eigenvalue weighted by molar-refractivity contribution is 5.85. The summed E-state index contributed by atoms with van der Waals surface area (Å²) in [6.07, 6.45) is 2.18. The highest BCUT2D eigenvalue weighted by atomic mass is 16.5. The van der Waals surface area contributed by atoms with E-state index in [1.54, 1.807) is 7.11 Å². The minimum absolute atomic E-state index is 0.0595. The van der Waals surface area contributed by atoms with Crippen molar-refractivity contribution in [3.63, 3.8) is 0 Å². The van der Waals surface area contributed by atoms with E-state index in [1.807, 2.05) is 31.2 Å². The van der Waals surface area contributed by atoms with Crippen LogP contribution < -0.4 is 15.0 Å². The highest BCUT2D eigenvalue weighted by Crippen LogP contribution is 2.29. The highest BCUT2D eigenvalue weighted by Gasteiger charge is 2.25. The Hall–Kier alpha value is -2.49. The quantitative estimate of drug-likeness (QED) is 0.908. The Kier molecular flexibility index (Phi) is 5.27. The van der Waals surface area contributed by atoms with Crippen LogP contribution in [0.1, 0.15) is 30.0 Å². The number of ether oxygens (including phenoxy) is 1. The van der Waals surface area contributed by atoms with Crippen LogP contribution in [0, 0.1) is 6.92 Å². The molecule has 25 heavy (non-hydrogen) atoms. The summed E-state index contributed by atoms with van der Waals surface area (Å²) in [4.78, 5) is 14.9. The fourth-order valence-corrected chi connectivity index (χ4v) is 3.38. The molecule has 0 aromatic heterocycles. The number of nitrogens with zero attached hydrogens (tertiary/aromatic N) is 1. The van der Waals surface area contributed by atoms with Gasteiger partial charge in [-0.3, -0.25) is 4.79 Å². The van der Waals surface area contributed by atoms with Crippen molar-refractivity contribution in [1.29, 1.82) is 0 Å². The topological polar surface area (TPSA) is 41.6 Å². The molecule has 4 heteroatoms. The second kappa shape index (κ2) is 7.60. The zero-order valence-electron chi connectivity index (χ0n) is 15.2. The third kappa shape index (κ3) is 3.95. The van der Waals surface area contributed by atoms with Gasteiger partial charge in [-0.05, 0) is 56.0 Å². The normalized spacial score (nSPS) is 14.6.